The summed E-state index contributed by atoms with van der Waals surface area (Å²) in [6.45, 7) is 2.43. The van der Waals surface area contributed by atoms with Crippen LogP contribution in [0.15, 0.2) is 4.52 Å². The minimum absolute atomic E-state index is 0.0290. The molecule has 7 nitrogen and oxygen atoms in total. The number of rotatable bonds is 2. The monoisotopic (exact) mass is 320 g/mol. The van der Waals surface area contributed by atoms with Crippen LogP contribution in [0, 0.1) is 5.92 Å². The van der Waals surface area contributed by atoms with Crippen molar-refractivity contribution < 1.29 is 14.1 Å². The Morgan fingerprint density at radius 3 is 2.78 bits per heavy atom. The first-order valence-corrected chi connectivity index (χ1v) is 8.27. The second-order valence-electron chi connectivity index (χ2n) is 6.46. The average Bonchev–Trinajstić information content (AvgIpc) is 2.90. The van der Waals surface area contributed by atoms with Gasteiger partial charge in [-0.1, -0.05) is 5.16 Å². The molecule has 1 N–H and O–H groups in total. The number of hydrogen-bond acceptors (Lipinski definition) is 5. The maximum atomic E-state index is 12.9. The molecule has 0 spiro atoms. The van der Waals surface area contributed by atoms with E-state index in [0.29, 0.717) is 25.3 Å². The zero-order chi connectivity index (χ0) is 16.4. The van der Waals surface area contributed by atoms with Gasteiger partial charge in [-0.3, -0.25) is 9.59 Å². The Bertz CT molecular complexity index is 598. The van der Waals surface area contributed by atoms with Crippen LogP contribution in [0.25, 0.3) is 0 Å². The summed E-state index contributed by atoms with van der Waals surface area (Å²) in [4.78, 5) is 28.8. The van der Waals surface area contributed by atoms with Crippen molar-refractivity contribution >= 4 is 11.8 Å². The van der Waals surface area contributed by atoms with Gasteiger partial charge in [-0.05, 0) is 26.3 Å². The summed E-state index contributed by atoms with van der Waals surface area (Å²) in [6, 6.07) is 0. The van der Waals surface area contributed by atoms with Crippen molar-refractivity contribution in [1.82, 2.24) is 20.3 Å². The van der Waals surface area contributed by atoms with E-state index in [9.17, 15) is 9.59 Å². The highest BCUT2D eigenvalue weighted by molar-refractivity contribution is 5.94. The maximum absolute atomic E-state index is 12.9. The molecule has 1 fully saturated rings. The van der Waals surface area contributed by atoms with Gasteiger partial charge in [-0.2, -0.15) is 0 Å². The number of likely N-dealkylation sites (N-methyl/N-ethyl adjacent to an activating group) is 1. The van der Waals surface area contributed by atoms with Crippen LogP contribution < -0.4 is 5.32 Å². The van der Waals surface area contributed by atoms with Gasteiger partial charge in [0.05, 0.1) is 5.92 Å². The summed E-state index contributed by atoms with van der Waals surface area (Å²) in [5, 5.41) is 6.72. The number of carbonyl (C=O) groups excluding carboxylic acids is 2. The SMILES string of the molecule is CNC(=O)C1CN(C)CCN(C(=O)c2noc3c2CCCC3)C1. The van der Waals surface area contributed by atoms with E-state index >= 15 is 0 Å². The summed E-state index contributed by atoms with van der Waals surface area (Å²) in [5.41, 5.74) is 1.41. The minimum atomic E-state index is -0.223. The van der Waals surface area contributed by atoms with E-state index in [-0.39, 0.29) is 17.7 Å². The molecule has 0 radical (unpaired) electrons. The molecule has 0 saturated carbocycles. The lowest BCUT2D eigenvalue weighted by atomic mass is 9.96. The molecule has 1 atom stereocenters. The molecular formula is C16H24N4O3. The fourth-order valence-corrected chi connectivity index (χ4v) is 3.43. The molecule has 1 aliphatic heterocycles. The molecule has 2 amide bonds. The largest absolute Gasteiger partial charge is 0.360 e. The highest BCUT2D eigenvalue weighted by atomic mass is 16.5. The van der Waals surface area contributed by atoms with Crippen LogP contribution in [0.1, 0.15) is 34.7 Å². The molecule has 0 aromatic carbocycles. The molecule has 126 valence electrons. The fraction of sp³-hybridized carbons (Fsp3) is 0.688. The van der Waals surface area contributed by atoms with Gasteiger partial charge in [-0.15, -0.1) is 0 Å². The zero-order valence-corrected chi connectivity index (χ0v) is 13.8. The normalized spacial score (nSPS) is 22.3. The van der Waals surface area contributed by atoms with Gasteiger partial charge in [0, 0.05) is 45.2 Å². The molecule has 1 aliphatic carbocycles. The summed E-state index contributed by atoms with van der Waals surface area (Å²) in [6.07, 6.45) is 3.87. The van der Waals surface area contributed by atoms with E-state index < -0.39 is 0 Å². The molecule has 2 aliphatic rings. The number of carbonyl (C=O) groups is 2. The van der Waals surface area contributed by atoms with Gasteiger partial charge >= 0.3 is 0 Å². The van der Waals surface area contributed by atoms with Crippen LogP contribution >= 0.6 is 0 Å². The Morgan fingerprint density at radius 1 is 1.22 bits per heavy atom. The second kappa shape index (κ2) is 6.70. The van der Waals surface area contributed by atoms with Crippen LogP contribution in [0.4, 0.5) is 0 Å². The highest BCUT2D eigenvalue weighted by Gasteiger charge is 2.32. The van der Waals surface area contributed by atoms with Gasteiger partial charge in [0.1, 0.15) is 5.76 Å². The molecule has 7 heteroatoms. The van der Waals surface area contributed by atoms with Crippen molar-refractivity contribution in [2.75, 3.05) is 40.3 Å². The third-order valence-electron chi connectivity index (χ3n) is 4.78. The van der Waals surface area contributed by atoms with Crippen LogP contribution in [-0.2, 0) is 17.6 Å². The highest BCUT2D eigenvalue weighted by Crippen LogP contribution is 2.25. The predicted octanol–water partition coefficient (Wildman–Crippen LogP) is 0.303. The number of aryl methyl sites for hydroxylation is 1. The smallest absolute Gasteiger partial charge is 0.276 e. The topological polar surface area (TPSA) is 78.7 Å². The molecule has 1 aromatic heterocycles. The van der Waals surface area contributed by atoms with Crippen molar-refractivity contribution in [3.05, 3.63) is 17.0 Å². The summed E-state index contributed by atoms with van der Waals surface area (Å²) >= 11 is 0. The lowest BCUT2D eigenvalue weighted by Gasteiger charge is -2.23. The van der Waals surface area contributed by atoms with Crippen molar-refractivity contribution in [3.8, 4) is 0 Å². The van der Waals surface area contributed by atoms with Crippen LogP contribution in [0.5, 0.6) is 0 Å². The summed E-state index contributed by atoms with van der Waals surface area (Å²) < 4.78 is 5.36. The van der Waals surface area contributed by atoms with Gasteiger partial charge in [-0.25, -0.2) is 0 Å². The quantitative estimate of drug-likeness (QED) is 0.848. The van der Waals surface area contributed by atoms with Gasteiger partial charge < -0.3 is 19.6 Å². The van der Waals surface area contributed by atoms with E-state index in [0.717, 1.165) is 43.6 Å². The van der Waals surface area contributed by atoms with Crippen LogP contribution in [-0.4, -0.2) is 67.0 Å². The van der Waals surface area contributed by atoms with Gasteiger partial charge in [0.25, 0.3) is 5.91 Å². The number of fused-ring (bicyclic) bond motifs is 1. The Balaban J connectivity index is 1.80. The number of amides is 2. The molecule has 1 unspecified atom stereocenters. The van der Waals surface area contributed by atoms with E-state index in [4.69, 9.17) is 4.52 Å². The van der Waals surface area contributed by atoms with E-state index in [2.05, 4.69) is 15.4 Å². The molecule has 3 rings (SSSR count). The predicted molar refractivity (Wildman–Crippen MR) is 84.1 cm³/mol. The molecule has 1 aromatic rings. The number of hydrogen-bond donors (Lipinski definition) is 1. The first-order valence-electron chi connectivity index (χ1n) is 8.27. The first-order chi connectivity index (χ1) is 11.1. The van der Waals surface area contributed by atoms with Crippen molar-refractivity contribution in [1.29, 1.82) is 0 Å². The number of nitrogens with zero attached hydrogens (tertiary/aromatic N) is 3. The molecule has 0 bridgehead atoms. The Hall–Kier alpha value is -1.89. The first kappa shape index (κ1) is 16.0. The Morgan fingerprint density at radius 2 is 2.00 bits per heavy atom. The summed E-state index contributed by atoms with van der Waals surface area (Å²) in [5.74, 6) is 0.494. The van der Waals surface area contributed by atoms with Crippen molar-refractivity contribution in [2.45, 2.75) is 25.7 Å². The lowest BCUT2D eigenvalue weighted by Crippen LogP contribution is -2.41. The van der Waals surface area contributed by atoms with E-state index in [1.807, 2.05) is 7.05 Å². The third kappa shape index (κ3) is 3.24. The van der Waals surface area contributed by atoms with Crippen molar-refractivity contribution in [2.24, 2.45) is 5.92 Å². The second-order valence-corrected chi connectivity index (χ2v) is 6.46. The number of aromatic nitrogens is 1. The van der Waals surface area contributed by atoms with E-state index in [1.165, 1.54) is 0 Å². The Kier molecular flexibility index (Phi) is 4.66. The summed E-state index contributed by atoms with van der Waals surface area (Å²) in [7, 11) is 3.61. The van der Waals surface area contributed by atoms with Crippen molar-refractivity contribution in [3.63, 3.8) is 0 Å². The molecular weight excluding hydrogens is 296 g/mol. The molecule has 2 heterocycles. The molecule has 1 saturated heterocycles. The van der Waals surface area contributed by atoms with Crippen LogP contribution in [0.2, 0.25) is 0 Å². The average molecular weight is 320 g/mol. The third-order valence-corrected chi connectivity index (χ3v) is 4.78. The standard InChI is InChI=1S/C16H24N4O3/c1-17-15(21)11-9-19(2)7-8-20(10-11)16(22)14-12-5-3-4-6-13(12)23-18-14/h11H,3-10H2,1-2H3,(H,17,21). The molecule has 23 heavy (non-hydrogen) atoms. The minimum Gasteiger partial charge on any atom is -0.360 e. The van der Waals surface area contributed by atoms with Crippen LogP contribution in [0.3, 0.4) is 0 Å². The van der Waals surface area contributed by atoms with E-state index in [1.54, 1.807) is 11.9 Å². The van der Waals surface area contributed by atoms with Gasteiger partial charge in [0.2, 0.25) is 5.91 Å². The Labute approximate surface area is 136 Å². The lowest BCUT2D eigenvalue weighted by molar-refractivity contribution is -0.125. The maximum Gasteiger partial charge on any atom is 0.276 e. The van der Waals surface area contributed by atoms with Gasteiger partial charge in [0.15, 0.2) is 5.69 Å². The number of nitrogens with one attached hydrogen (secondary N) is 1. The zero-order valence-electron chi connectivity index (χ0n) is 13.8. The fourth-order valence-electron chi connectivity index (χ4n) is 3.43.